The van der Waals surface area contributed by atoms with Crippen LogP contribution in [0.1, 0.15) is 65.7 Å². The van der Waals surface area contributed by atoms with Gasteiger partial charge < -0.3 is 19.0 Å². The number of Topliss-reactive ketones (excluding diaryl/α,β-unsaturated/α-hetero) is 1. The number of aromatic hydroxyl groups is 1. The Morgan fingerprint density at radius 1 is 0.882 bits per heavy atom. The zero-order valence-corrected chi connectivity index (χ0v) is 20.9. The summed E-state index contributed by atoms with van der Waals surface area (Å²) in [5.74, 6) is 1.44. The molecule has 0 aliphatic heterocycles. The van der Waals surface area contributed by atoms with Crippen LogP contribution in [0.2, 0.25) is 0 Å². The molecule has 0 aliphatic rings. The van der Waals surface area contributed by atoms with Gasteiger partial charge in [-0.25, -0.2) is 4.79 Å². The third kappa shape index (κ3) is 5.44. The molecule has 0 spiro atoms. The summed E-state index contributed by atoms with van der Waals surface area (Å²) in [7, 11) is 0. The Kier molecular flexibility index (Phi) is 8.02. The van der Waals surface area contributed by atoms with Gasteiger partial charge in [-0.15, -0.1) is 0 Å². The molecule has 0 atom stereocenters. The maximum Gasteiger partial charge on any atom is 0.339 e. The Hall–Kier alpha value is -3.28. The van der Waals surface area contributed by atoms with Crippen molar-refractivity contribution in [3.63, 3.8) is 0 Å². The van der Waals surface area contributed by atoms with Gasteiger partial charge in [0.25, 0.3) is 0 Å². The quantitative estimate of drug-likeness (QED) is 0.217. The predicted octanol–water partition coefficient (Wildman–Crippen LogP) is 6.20. The minimum Gasteiger partial charge on any atom is -0.507 e. The molecule has 2 aromatic carbocycles. The molecule has 3 rings (SSSR count). The number of unbranched alkanes of at least 4 members (excludes halogenated alkanes) is 1. The van der Waals surface area contributed by atoms with Crippen LogP contribution in [0.4, 0.5) is 0 Å². The van der Waals surface area contributed by atoms with E-state index in [1.165, 1.54) is 0 Å². The summed E-state index contributed by atoms with van der Waals surface area (Å²) in [6.45, 7) is 12.3. The molecule has 0 unspecified atom stereocenters. The average molecular weight is 467 g/mol. The van der Waals surface area contributed by atoms with Crippen molar-refractivity contribution >= 4 is 16.8 Å². The summed E-state index contributed by atoms with van der Waals surface area (Å²) in [5, 5.41) is 11.4. The van der Waals surface area contributed by atoms with E-state index in [-0.39, 0.29) is 23.1 Å². The van der Waals surface area contributed by atoms with Crippen LogP contribution in [0.25, 0.3) is 11.0 Å². The number of hydrogen-bond donors (Lipinski definition) is 1. The van der Waals surface area contributed by atoms with Gasteiger partial charge in [-0.3, -0.25) is 4.79 Å². The van der Waals surface area contributed by atoms with E-state index in [4.69, 9.17) is 13.9 Å². The first-order valence-corrected chi connectivity index (χ1v) is 11.8. The number of aryl methyl sites for hydroxylation is 2. The first-order chi connectivity index (χ1) is 16.1. The predicted molar refractivity (Wildman–Crippen MR) is 134 cm³/mol. The van der Waals surface area contributed by atoms with E-state index in [0.29, 0.717) is 53.4 Å². The fourth-order valence-corrected chi connectivity index (χ4v) is 3.89. The second-order valence-electron chi connectivity index (χ2n) is 9.21. The Labute approximate surface area is 200 Å². The van der Waals surface area contributed by atoms with Crippen molar-refractivity contribution in [2.24, 2.45) is 5.92 Å². The van der Waals surface area contributed by atoms with Crippen LogP contribution < -0.4 is 15.1 Å². The lowest BCUT2D eigenvalue weighted by Gasteiger charge is -2.14. The molecule has 0 aliphatic carbocycles. The summed E-state index contributed by atoms with van der Waals surface area (Å²) < 4.78 is 17.3. The number of ketones is 1. The molecular weight excluding hydrogens is 432 g/mol. The number of hydrogen-bond acceptors (Lipinski definition) is 6. The van der Waals surface area contributed by atoms with Gasteiger partial charge in [0.15, 0.2) is 5.78 Å². The highest BCUT2D eigenvalue weighted by atomic mass is 16.5. The van der Waals surface area contributed by atoms with Crippen LogP contribution in [0.5, 0.6) is 17.2 Å². The van der Waals surface area contributed by atoms with E-state index < -0.39 is 0 Å². The summed E-state index contributed by atoms with van der Waals surface area (Å²) in [6.07, 6.45) is 1.92. The number of carbonyl (C=O) groups is 1. The van der Waals surface area contributed by atoms with Gasteiger partial charge in [-0.2, -0.15) is 0 Å². The molecule has 1 N–H and O–H groups in total. The highest BCUT2D eigenvalue weighted by Gasteiger charge is 2.17. The summed E-state index contributed by atoms with van der Waals surface area (Å²) in [6, 6.07) is 7.22. The van der Waals surface area contributed by atoms with Crippen molar-refractivity contribution in [3.05, 3.63) is 62.5 Å². The number of benzene rings is 2. The van der Waals surface area contributed by atoms with Crippen molar-refractivity contribution in [1.82, 2.24) is 0 Å². The van der Waals surface area contributed by atoms with Gasteiger partial charge in [-0.05, 0) is 76.3 Å². The number of fused-ring (bicyclic) bond motifs is 1. The lowest BCUT2D eigenvalue weighted by Crippen LogP contribution is -2.08. The fourth-order valence-electron chi connectivity index (χ4n) is 3.89. The highest BCUT2D eigenvalue weighted by Crippen LogP contribution is 2.32. The average Bonchev–Trinajstić information content (AvgIpc) is 2.78. The SMILES string of the molecule is Cc1c(OCCCCOc2ccc3c(C)c(C)c(=O)oc3c2C)ccc(C(=O)CC(C)C)c1O. The standard InChI is InChI=1S/C28H34O6/c1-16(2)15-23(29)22-10-12-24(19(5)26(22)30)32-13-7-8-14-33-25-11-9-21-17(3)18(4)28(31)34-27(21)20(25)6/h9-12,16,30H,7-8,13-15H2,1-6H3. The van der Waals surface area contributed by atoms with Crippen molar-refractivity contribution in [3.8, 4) is 17.2 Å². The number of phenolic OH excluding ortho intramolecular Hbond substituents is 1. The minimum atomic E-state index is -0.318. The third-order valence-corrected chi connectivity index (χ3v) is 6.15. The monoisotopic (exact) mass is 466 g/mol. The molecule has 1 aromatic heterocycles. The van der Waals surface area contributed by atoms with Crippen LogP contribution >= 0.6 is 0 Å². The van der Waals surface area contributed by atoms with E-state index in [0.717, 1.165) is 29.4 Å². The van der Waals surface area contributed by atoms with Crippen molar-refractivity contribution < 1.29 is 23.8 Å². The molecule has 6 nitrogen and oxygen atoms in total. The maximum atomic E-state index is 12.3. The molecule has 0 bridgehead atoms. The fraction of sp³-hybridized carbons (Fsp3) is 0.429. The normalized spacial score (nSPS) is 11.3. The minimum absolute atomic E-state index is 0.00431. The van der Waals surface area contributed by atoms with E-state index in [2.05, 4.69) is 0 Å². The summed E-state index contributed by atoms with van der Waals surface area (Å²) >= 11 is 0. The summed E-state index contributed by atoms with van der Waals surface area (Å²) in [5.41, 5.74) is 3.54. The third-order valence-electron chi connectivity index (χ3n) is 6.15. The smallest absolute Gasteiger partial charge is 0.339 e. The van der Waals surface area contributed by atoms with Gasteiger partial charge in [0.1, 0.15) is 22.8 Å². The molecule has 0 saturated heterocycles. The van der Waals surface area contributed by atoms with E-state index in [1.807, 2.05) is 39.8 Å². The first kappa shape index (κ1) is 25.3. The van der Waals surface area contributed by atoms with Crippen LogP contribution in [0, 0.1) is 33.6 Å². The number of carbonyl (C=O) groups excluding carboxylic acids is 1. The lowest BCUT2D eigenvalue weighted by atomic mass is 9.98. The second kappa shape index (κ2) is 10.8. The first-order valence-electron chi connectivity index (χ1n) is 11.8. The molecule has 0 fully saturated rings. The van der Waals surface area contributed by atoms with E-state index >= 15 is 0 Å². The van der Waals surface area contributed by atoms with Gasteiger partial charge in [0.2, 0.25) is 0 Å². The summed E-state index contributed by atoms with van der Waals surface area (Å²) in [4.78, 5) is 24.3. The zero-order valence-electron chi connectivity index (χ0n) is 20.9. The van der Waals surface area contributed by atoms with Gasteiger partial charge in [0.05, 0.1) is 18.8 Å². The largest absolute Gasteiger partial charge is 0.507 e. The van der Waals surface area contributed by atoms with Crippen molar-refractivity contribution in [1.29, 1.82) is 0 Å². The Bertz CT molecular complexity index is 1250. The van der Waals surface area contributed by atoms with E-state index in [1.54, 1.807) is 26.0 Å². The molecule has 0 radical (unpaired) electrons. The molecule has 0 saturated carbocycles. The van der Waals surface area contributed by atoms with Crippen LogP contribution in [0.3, 0.4) is 0 Å². The molecule has 34 heavy (non-hydrogen) atoms. The van der Waals surface area contributed by atoms with E-state index in [9.17, 15) is 14.7 Å². The van der Waals surface area contributed by atoms with Gasteiger partial charge in [0, 0.05) is 28.5 Å². The van der Waals surface area contributed by atoms with Crippen molar-refractivity contribution in [2.45, 2.75) is 60.8 Å². The second-order valence-corrected chi connectivity index (χ2v) is 9.21. The number of rotatable bonds is 10. The molecule has 3 aromatic rings. The Balaban J connectivity index is 1.53. The van der Waals surface area contributed by atoms with Crippen LogP contribution in [0.15, 0.2) is 33.5 Å². The van der Waals surface area contributed by atoms with Crippen molar-refractivity contribution in [2.75, 3.05) is 13.2 Å². The number of ether oxygens (including phenoxy) is 2. The van der Waals surface area contributed by atoms with Gasteiger partial charge in [-0.1, -0.05) is 13.8 Å². The maximum absolute atomic E-state index is 12.3. The van der Waals surface area contributed by atoms with Crippen LogP contribution in [-0.2, 0) is 0 Å². The lowest BCUT2D eigenvalue weighted by molar-refractivity contribution is 0.0965. The van der Waals surface area contributed by atoms with Crippen LogP contribution in [-0.4, -0.2) is 24.1 Å². The number of phenols is 1. The van der Waals surface area contributed by atoms with Gasteiger partial charge >= 0.3 is 5.63 Å². The molecule has 182 valence electrons. The molecular formula is C28H34O6. The Morgan fingerprint density at radius 2 is 1.47 bits per heavy atom. The molecule has 1 heterocycles. The Morgan fingerprint density at radius 3 is 2.09 bits per heavy atom. The highest BCUT2D eigenvalue weighted by molar-refractivity contribution is 5.99. The topological polar surface area (TPSA) is 86.0 Å². The molecule has 6 heteroatoms. The zero-order chi connectivity index (χ0) is 25.0. The molecule has 0 amide bonds.